The van der Waals surface area contributed by atoms with Crippen LogP contribution in [0, 0.1) is 0 Å². The predicted molar refractivity (Wildman–Crippen MR) is 139 cm³/mol. The lowest BCUT2D eigenvalue weighted by atomic mass is 10.0. The Bertz CT molecular complexity index is 1830. The zero-order chi connectivity index (χ0) is 21.9. The van der Waals surface area contributed by atoms with Crippen LogP contribution in [0.2, 0.25) is 5.02 Å². The molecular formula is C30H18ClNO. The summed E-state index contributed by atoms with van der Waals surface area (Å²) in [6.45, 7) is 0. The van der Waals surface area contributed by atoms with E-state index in [-0.39, 0.29) is 0 Å². The maximum absolute atomic E-state index is 6.25. The van der Waals surface area contributed by atoms with Gasteiger partial charge in [-0.1, -0.05) is 78.3 Å². The fourth-order valence-corrected chi connectivity index (χ4v) is 5.17. The average molecular weight is 444 g/mol. The van der Waals surface area contributed by atoms with Gasteiger partial charge >= 0.3 is 0 Å². The van der Waals surface area contributed by atoms with Crippen molar-refractivity contribution < 1.29 is 4.42 Å². The highest BCUT2D eigenvalue weighted by molar-refractivity contribution is 6.31. The number of aromatic nitrogens is 1. The second kappa shape index (κ2) is 6.99. The van der Waals surface area contributed by atoms with Gasteiger partial charge in [0.2, 0.25) is 0 Å². The third kappa shape index (κ3) is 2.75. The number of hydrogen-bond acceptors (Lipinski definition) is 1. The highest BCUT2D eigenvalue weighted by atomic mass is 35.5. The minimum Gasteiger partial charge on any atom is -0.456 e. The van der Waals surface area contributed by atoms with E-state index in [2.05, 4.69) is 95.6 Å². The van der Waals surface area contributed by atoms with Gasteiger partial charge in [0.25, 0.3) is 0 Å². The molecule has 0 bridgehead atoms. The van der Waals surface area contributed by atoms with Gasteiger partial charge in [-0.25, -0.2) is 0 Å². The van der Waals surface area contributed by atoms with Crippen LogP contribution in [-0.2, 0) is 0 Å². The van der Waals surface area contributed by atoms with Crippen molar-refractivity contribution in [3.63, 3.8) is 0 Å². The molecule has 0 amide bonds. The molecule has 0 radical (unpaired) electrons. The van der Waals surface area contributed by atoms with Crippen LogP contribution < -0.4 is 0 Å². The number of rotatable bonds is 2. The highest BCUT2D eigenvalue weighted by Gasteiger charge is 2.18. The molecule has 33 heavy (non-hydrogen) atoms. The molecular weight excluding hydrogens is 426 g/mol. The topological polar surface area (TPSA) is 18.1 Å². The average Bonchev–Trinajstić information content (AvgIpc) is 3.39. The van der Waals surface area contributed by atoms with Gasteiger partial charge in [0.15, 0.2) is 0 Å². The van der Waals surface area contributed by atoms with Crippen molar-refractivity contribution in [2.45, 2.75) is 0 Å². The van der Waals surface area contributed by atoms with Crippen LogP contribution in [0.15, 0.2) is 114 Å². The molecule has 0 fully saturated rings. The molecule has 7 aromatic rings. The Morgan fingerprint density at radius 2 is 1.33 bits per heavy atom. The molecule has 0 aliphatic heterocycles. The summed E-state index contributed by atoms with van der Waals surface area (Å²) >= 11 is 6.25. The molecule has 0 atom stereocenters. The summed E-state index contributed by atoms with van der Waals surface area (Å²) in [4.78, 5) is 0. The number of para-hydroxylation sites is 1. The zero-order valence-electron chi connectivity index (χ0n) is 17.6. The van der Waals surface area contributed by atoms with Crippen LogP contribution in [0.3, 0.4) is 0 Å². The van der Waals surface area contributed by atoms with E-state index in [0.29, 0.717) is 5.02 Å². The number of furan rings is 1. The quantitative estimate of drug-likeness (QED) is 0.260. The van der Waals surface area contributed by atoms with E-state index in [1.54, 1.807) is 0 Å². The van der Waals surface area contributed by atoms with Crippen LogP contribution in [0.5, 0.6) is 0 Å². The lowest BCUT2D eigenvalue weighted by Gasteiger charge is -2.10. The zero-order valence-corrected chi connectivity index (χ0v) is 18.4. The lowest BCUT2D eigenvalue weighted by Crippen LogP contribution is -1.94. The first kappa shape index (κ1) is 18.6. The van der Waals surface area contributed by atoms with E-state index >= 15 is 0 Å². The lowest BCUT2D eigenvalue weighted by molar-refractivity contribution is 0.669. The van der Waals surface area contributed by atoms with Gasteiger partial charge in [-0.3, -0.25) is 0 Å². The molecule has 7 rings (SSSR count). The molecule has 5 aromatic carbocycles. The van der Waals surface area contributed by atoms with E-state index < -0.39 is 0 Å². The smallest absolute Gasteiger partial charge is 0.137 e. The normalized spacial score (nSPS) is 11.8. The van der Waals surface area contributed by atoms with E-state index in [0.717, 1.165) is 27.6 Å². The number of halogens is 1. The van der Waals surface area contributed by atoms with Crippen LogP contribution in [-0.4, -0.2) is 4.57 Å². The van der Waals surface area contributed by atoms with Gasteiger partial charge in [-0.15, -0.1) is 0 Å². The predicted octanol–water partition coefficient (Wildman–Crippen LogP) is 9.00. The number of hydrogen-bond donors (Lipinski definition) is 0. The Kier molecular flexibility index (Phi) is 3.93. The third-order valence-corrected chi connectivity index (χ3v) is 6.69. The molecule has 3 heteroatoms. The number of benzene rings is 5. The molecule has 0 N–H and O–H groups in total. The van der Waals surface area contributed by atoms with E-state index in [4.69, 9.17) is 16.0 Å². The maximum atomic E-state index is 6.25. The van der Waals surface area contributed by atoms with Crippen LogP contribution >= 0.6 is 11.6 Å². The SMILES string of the molecule is Clc1ccc2c(c1)oc1cccc(-n3c4ccccc4c4ccc(-c5ccccc5)cc43)c12. The van der Waals surface area contributed by atoms with Crippen LogP contribution in [0.4, 0.5) is 0 Å². The molecule has 0 saturated carbocycles. The largest absolute Gasteiger partial charge is 0.456 e. The van der Waals surface area contributed by atoms with Gasteiger partial charge in [0.05, 0.1) is 22.1 Å². The van der Waals surface area contributed by atoms with Gasteiger partial charge in [0, 0.05) is 27.2 Å². The van der Waals surface area contributed by atoms with E-state index in [1.807, 2.05) is 18.2 Å². The molecule has 0 aliphatic carbocycles. The Morgan fingerprint density at radius 1 is 0.545 bits per heavy atom. The number of nitrogens with zero attached hydrogens (tertiary/aromatic N) is 1. The standard InChI is InChI=1S/C30H18ClNO/c31-21-14-16-24-29(18-21)33-28-12-6-11-26(30(24)28)32-25-10-5-4-9-22(25)23-15-13-20(17-27(23)32)19-7-2-1-3-8-19/h1-18H. The van der Waals surface area contributed by atoms with Crippen molar-refractivity contribution >= 4 is 55.3 Å². The minimum atomic E-state index is 0.674. The van der Waals surface area contributed by atoms with Crippen molar-refractivity contribution in [2.24, 2.45) is 0 Å². The monoisotopic (exact) mass is 443 g/mol. The molecule has 0 saturated heterocycles. The minimum absolute atomic E-state index is 0.674. The van der Waals surface area contributed by atoms with Gasteiger partial charge in [0.1, 0.15) is 11.2 Å². The Balaban J connectivity index is 1.63. The molecule has 156 valence electrons. The maximum Gasteiger partial charge on any atom is 0.137 e. The van der Waals surface area contributed by atoms with E-state index in [9.17, 15) is 0 Å². The molecule has 0 aliphatic rings. The van der Waals surface area contributed by atoms with Crippen molar-refractivity contribution in [1.82, 2.24) is 4.57 Å². The summed E-state index contributed by atoms with van der Waals surface area (Å²) in [5.41, 5.74) is 7.51. The summed E-state index contributed by atoms with van der Waals surface area (Å²) in [6, 6.07) is 38.0. The fourth-order valence-electron chi connectivity index (χ4n) is 5.01. The van der Waals surface area contributed by atoms with Crippen molar-refractivity contribution in [3.8, 4) is 16.8 Å². The summed E-state index contributed by atoms with van der Waals surface area (Å²) in [5.74, 6) is 0. The van der Waals surface area contributed by atoms with Crippen molar-refractivity contribution in [1.29, 1.82) is 0 Å². The molecule has 0 unspecified atom stereocenters. The molecule has 2 heterocycles. The van der Waals surface area contributed by atoms with Gasteiger partial charge in [-0.05, 0) is 47.5 Å². The van der Waals surface area contributed by atoms with Gasteiger partial charge < -0.3 is 8.98 Å². The fraction of sp³-hybridized carbons (Fsp3) is 0. The number of fused-ring (bicyclic) bond motifs is 6. The Morgan fingerprint density at radius 3 is 2.24 bits per heavy atom. The molecule has 2 nitrogen and oxygen atoms in total. The van der Waals surface area contributed by atoms with Gasteiger partial charge in [-0.2, -0.15) is 0 Å². The molecule has 0 spiro atoms. The summed E-state index contributed by atoms with van der Waals surface area (Å²) in [7, 11) is 0. The second-order valence-corrected chi connectivity index (χ2v) is 8.78. The summed E-state index contributed by atoms with van der Waals surface area (Å²) in [5, 5.41) is 5.30. The van der Waals surface area contributed by atoms with Crippen molar-refractivity contribution in [3.05, 3.63) is 114 Å². The van der Waals surface area contributed by atoms with E-state index in [1.165, 1.54) is 32.9 Å². The summed E-state index contributed by atoms with van der Waals surface area (Å²) < 4.78 is 8.56. The first-order valence-electron chi connectivity index (χ1n) is 11.0. The van der Waals surface area contributed by atoms with Crippen molar-refractivity contribution in [2.75, 3.05) is 0 Å². The second-order valence-electron chi connectivity index (χ2n) is 8.34. The first-order valence-corrected chi connectivity index (χ1v) is 11.4. The first-order chi connectivity index (χ1) is 16.3. The molecule has 2 aromatic heterocycles. The Labute approximate surface area is 195 Å². The highest BCUT2D eigenvalue weighted by Crippen LogP contribution is 2.40. The third-order valence-electron chi connectivity index (χ3n) is 6.46. The summed E-state index contributed by atoms with van der Waals surface area (Å²) in [6.07, 6.45) is 0. The van der Waals surface area contributed by atoms with Crippen LogP contribution in [0.25, 0.3) is 60.6 Å². The van der Waals surface area contributed by atoms with Crippen LogP contribution in [0.1, 0.15) is 0 Å². The Hall–Kier alpha value is -4.01.